The molecular formula is C47H62N6O9. The number of alkyl carbamates (subject to hydrolysis) is 1. The molecule has 15 heteroatoms. The molecule has 334 valence electrons. The number of hydrogen-bond acceptors (Lipinski definition) is 9. The van der Waals surface area contributed by atoms with Crippen LogP contribution in [0, 0.1) is 5.92 Å². The molecule has 3 aromatic rings. The molecule has 3 aromatic carbocycles. The van der Waals surface area contributed by atoms with Crippen molar-refractivity contribution in [1.82, 2.24) is 31.1 Å². The Hall–Kier alpha value is -5.83. The molecular weight excluding hydrogens is 793 g/mol. The van der Waals surface area contributed by atoms with Crippen molar-refractivity contribution in [2.75, 3.05) is 27.2 Å². The highest BCUT2D eigenvalue weighted by atomic mass is 16.6. The second-order valence-corrected chi connectivity index (χ2v) is 17.4. The van der Waals surface area contributed by atoms with Crippen LogP contribution in [0.5, 0.6) is 0 Å². The number of carbonyl (C=O) groups is 7. The number of rotatable bonds is 17. The van der Waals surface area contributed by atoms with Gasteiger partial charge in [0.25, 0.3) is 5.91 Å². The van der Waals surface area contributed by atoms with Crippen LogP contribution in [0.2, 0.25) is 0 Å². The van der Waals surface area contributed by atoms with Crippen LogP contribution in [0.3, 0.4) is 0 Å². The van der Waals surface area contributed by atoms with Crippen LogP contribution in [0.1, 0.15) is 96.2 Å². The maximum atomic E-state index is 14.7. The fourth-order valence-electron chi connectivity index (χ4n) is 8.13. The highest BCUT2D eigenvalue weighted by Crippen LogP contribution is 2.31. The Bertz CT molecular complexity index is 2060. The van der Waals surface area contributed by atoms with E-state index in [1.54, 1.807) is 72.1 Å². The van der Waals surface area contributed by atoms with Crippen molar-refractivity contribution < 1.29 is 43.0 Å². The van der Waals surface area contributed by atoms with Crippen molar-refractivity contribution in [3.05, 3.63) is 83.9 Å². The second kappa shape index (κ2) is 21.8. The summed E-state index contributed by atoms with van der Waals surface area (Å²) < 4.78 is 12.0. The van der Waals surface area contributed by atoms with E-state index in [2.05, 4.69) is 21.3 Å². The molecule has 1 heterocycles. The zero-order valence-electron chi connectivity index (χ0n) is 36.7. The molecule has 15 nitrogen and oxygen atoms in total. The number of carbonyl (C=O) groups excluding carboxylic acids is 7. The summed E-state index contributed by atoms with van der Waals surface area (Å²) in [6, 6.07) is 18.1. The average Bonchev–Trinajstić information content (AvgIpc) is 3.69. The molecule has 1 saturated heterocycles. The largest absolute Gasteiger partial charge is 0.444 e. The first-order valence-electron chi connectivity index (χ1n) is 21.6. The SMILES string of the molecule is CCCC(NC(=O)[C@@H]1C[C@@H](OCc2cccc3ccccc23)CN1C(=O)[C@@H](NC(=O)OC(C)(C)C)C1CCCCC1)C(=O)C(=O)NCC(=O)N[C@H](C(=O)N(C)C)c1ccccc1. The summed E-state index contributed by atoms with van der Waals surface area (Å²) in [5.41, 5.74) is 0.667. The van der Waals surface area contributed by atoms with Crippen LogP contribution in [0.15, 0.2) is 72.8 Å². The Morgan fingerprint density at radius 1 is 0.839 bits per heavy atom. The molecule has 0 aromatic heterocycles. The van der Waals surface area contributed by atoms with Crippen molar-refractivity contribution >= 4 is 52.2 Å². The maximum Gasteiger partial charge on any atom is 0.408 e. The number of ketones is 1. The van der Waals surface area contributed by atoms with Gasteiger partial charge in [0.2, 0.25) is 29.4 Å². The molecule has 62 heavy (non-hydrogen) atoms. The van der Waals surface area contributed by atoms with E-state index < -0.39 is 77.9 Å². The van der Waals surface area contributed by atoms with Crippen molar-refractivity contribution in [3.8, 4) is 0 Å². The minimum atomic E-state index is -1.27. The topological polar surface area (TPSA) is 193 Å². The van der Waals surface area contributed by atoms with E-state index in [1.165, 1.54) is 9.80 Å². The van der Waals surface area contributed by atoms with E-state index in [9.17, 15) is 33.6 Å². The van der Waals surface area contributed by atoms with Crippen molar-refractivity contribution in [1.29, 1.82) is 0 Å². The quantitative estimate of drug-likeness (QED) is 0.139. The monoisotopic (exact) mass is 854 g/mol. The highest BCUT2D eigenvalue weighted by Gasteiger charge is 2.45. The molecule has 4 N–H and O–H groups in total. The number of likely N-dealkylation sites (tertiary alicyclic amines) is 1. The Balaban J connectivity index is 1.32. The van der Waals surface area contributed by atoms with E-state index in [4.69, 9.17) is 9.47 Å². The zero-order valence-corrected chi connectivity index (χ0v) is 36.7. The summed E-state index contributed by atoms with van der Waals surface area (Å²) >= 11 is 0. The predicted octanol–water partition coefficient (Wildman–Crippen LogP) is 4.72. The number of amides is 6. The molecule has 0 spiro atoms. The van der Waals surface area contributed by atoms with Gasteiger partial charge in [-0.15, -0.1) is 0 Å². The van der Waals surface area contributed by atoms with Gasteiger partial charge in [-0.1, -0.05) is 105 Å². The normalized spacial score (nSPS) is 18.2. The number of Topliss-reactive ketones (excluding diaryl/α,β-unsaturated/α-hetero) is 1. The van der Waals surface area contributed by atoms with Crippen molar-refractivity contribution in [3.63, 3.8) is 0 Å². The fourth-order valence-corrected chi connectivity index (χ4v) is 8.13. The highest BCUT2D eigenvalue weighted by molar-refractivity contribution is 6.38. The minimum Gasteiger partial charge on any atom is -0.444 e. The Labute approximate surface area is 364 Å². The maximum absolute atomic E-state index is 14.7. The fraction of sp³-hybridized carbons (Fsp3) is 0.511. The molecule has 0 radical (unpaired) electrons. The third-order valence-electron chi connectivity index (χ3n) is 11.2. The number of likely N-dealkylation sites (N-methyl/N-ethyl adjacent to an activating group) is 1. The predicted molar refractivity (Wildman–Crippen MR) is 233 cm³/mol. The lowest BCUT2D eigenvalue weighted by atomic mass is 9.83. The third-order valence-corrected chi connectivity index (χ3v) is 11.2. The van der Waals surface area contributed by atoms with Crippen LogP contribution in [-0.2, 0) is 44.8 Å². The molecule has 0 bridgehead atoms. The summed E-state index contributed by atoms with van der Waals surface area (Å²) in [6.45, 7) is 6.66. The van der Waals surface area contributed by atoms with Gasteiger partial charge in [0.05, 0.1) is 25.3 Å². The van der Waals surface area contributed by atoms with Crippen molar-refractivity contribution in [2.24, 2.45) is 5.92 Å². The van der Waals surface area contributed by atoms with E-state index >= 15 is 0 Å². The second-order valence-electron chi connectivity index (χ2n) is 17.4. The Morgan fingerprint density at radius 2 is 1.52 bits per heavy atom. The van der Waals surface area contributed by atoms with Crippen LogP contribution in [0.25, 0.3) is 10.8 Å². The summed E-state index contributed by atoms with van der Waals surface area (Å²) in [5.74, 6) is -4.45. The lowest BCUT2D eigenvalue weighted by molar-refractivity contribution is -0.143. The number of nitrogens with one attached hydrogen (secondary N) is 4. The molecule has 2 aliphatic rings. The molecule has 1 saturated carbocycles. The number of ether oxygens (including phenoxy) is 2. The molecule has 1 aliphatic heterocycles. The van der Waals surface area contributed by atoms with Crippen LogP contribution in [0.4, 0.5) is 4.79 Å². The van der Waals surface area contributed by atoms with Gasteiger partial charge in [0.1, 0.15) is 23.7 Å². The van der Waals surface area contributed by atoms with Crippen LogP contribution in [-0.4, -0.2) is 108 Å². The lowest BCUT2D eigenvalue weighted by Crippen LogP contribution is -2.58. The molecule has 2 fully saturated rings. The van der Waals surface area contributed by atoms with E-state index in [1.807, 2.05) is 42.5 Å². The standard InChI is InChI=1S/C47H62N6O9/c1-7-17-36(41(55)43(57)48-27-38(54)50-39(44(58)52(5)6)31-19-10-8-11-20-31)49-42(56)37-26-34(61-29-33-24-16-23-30-18-14-15-25-35(30)33)28-53(37)45(59)40(32-21-12-9-13-22-32)51-46(60)62-47(2,3)4/h8,10-11,14-16,18-20,23-25,32,34,36-37,39-40H,7,9,12-13,17,21-22,26-29H2,1-6H3,(H,48,57)(H,49,56)(H,50,54)(H,51,60)/t34-,36?,37+,39+,40+/m1/s1. The van der Waals surface area contributed by atoms with E-state index in [-0.39, 0.29) is 37.8 Å². The molecule has 1 aliphatic carbocycles. The van der Waals surface area contributed by atoms with Crippen molar-refractivity contribution in [2.45, 2.75) is 122 Å². The number of hydrogen-bond donors (Lipinski definition) is 4. The van der Waals surface area contributed by atoms with Gasteiger partial charge in [-0.3, -0.25) is 28.8 Å². The molecule has 1 unspecified atom stereocenters. The van der Waals surface area contributed by atoms with Gasteiger partial charge >= 0.3 is 6.09 Å². The van der Waals surface area contributed by atoms with Gasteiger partial charge in [0, 0.05) is 27.1 Å². The first-order chi connectivity index (χ1) is 29.6. The molecule has 6 amide bonds. The Kier molecular flexibility index (Phi) is 16.6. The number of fused-ring (bicyclic) bond motifs is 1. The van der Waals surface area contributed by atoms with E-state index in [0.29, 0.717) is 24.8 Å². The van der Waals surface area contributed by atoms with Crippen LogP contribution < -0.4 is 21.3 Å². The molecule has 5 atom stereocenters. The van der Waals surface area contributed by atoms with Gasteiger partial charge in [-0.2, -0.15) is 0 Å². The average molecular weight is 855 g/mol. The van der Waals surface area contributed by atoms with Gasteiger partial charge < -0.3 is 40.5 Å². The van der Waals surface area contributed by atoms with Crippen LogP contribution >= 0.6 is 0 Å². The molecule has 5 rings (SSSR count). The lowest BCUT2D eigenvalue weighted by Gasteiger charge is -2.35. The van der Waals surface area contributed by atoms with Gasteiger partial charge in [-0.05, 0) is 67.9 Å². The minimum absolute atomic E-state index is 0.0448. The number of benzene rings is 3. The Morgan fingerprint density at radius 3 is 2.19 bits per heavy atom. The smallest absolute Gasteiger partial charge is 0.408 e. The summed E-state index contributed by atoms with van der Waals surface area (Å²) in [7, 11) is 3.12. The first-order valence-corrected chi connectivity index (χ1v) is 21.6. The summed E-state index contributed by atoms with van der Waals surface area (Å²) in [4.78, 5) is 97.9. The zero-order chi connectivity index (χ0) is 45.0. The third kappa shape index (κ3) is 12.8. The van der Waals surface area contributed by atoms with E-state index in [0.717, 1.165) is 35.6 Å². The van der Waals surface area contributed by atoms with Gasteiger partial charge in [-0.25, -0.2) is 4.79 Å². The summed E-state index contributed by atoms with van der Waals surface area (Å²) in [5, 5.41) is 12.6. The van der Waals surface area contributed by atoms with Gasteiger partial charge in [0.15, 0.2) is 0 Å². The number of nitrogens with zero attached hydrogens (tertiary/aromatic N) is 2. The first kappa shape index (κ1) is 47.2. The summed E-state index contributed by atoms with van der Waals surface area (Å²) in [6.07, 6.45) is 3.50.